The monoisotopic (exact) mass is 312 g/mol. The number of aromatic nitrogens is 2. The molecule has 0 saturated carbocycles. The van der Waals surface area contributed by atoms with Gasteiger partial charge in [0.2, 0.25) is 5.91 Å². The van der Waals surface area contributed by atoms with Crippen LogP contribution >= 0.6 is 0 Å². The number of hydrogen-bond acceptors (Lipinski definition) is 5. The quantitative estimate of drug-likeness (QED) is 0.941. The Morgan fingerprint density at radius 2 is 1.87 bits per heavy atom. The lowest BCUT2D eigenvalue weighted by molar-refractivity contribution is -0.114. The Balaban J connectivity index is 1.87. The zero-order chi connectivity index (χ0) is 16.2. The zero-order valence-corrected chi connectivity index (χ0v) is 13.4. The Hall–Kier alpha value is -2.47. The number of nitrogens with zero attached hydrogens (tertiary/aromatic N) is 3. The van der Waals surface area contributed by atoms with E-state index in [9.17, 15) is 4.79 Å². The van der Waals surface area contributed by atoms with Crippen molar-refractivity contribution >= 4 is 17.4 Å². The highest BCUT2D eigenvalue weighted by atomic mass is 16.5. The van der Waals surface area contributed by atoms with Gasteiger partial charge in [0.05, 0.1) is 18.9 Å². The summed E-state index contributed by atoms with van der Waals surface area (Å²) in [6, 6.07) is 9.67. The van der Waals surface area contributed by atoms with Crippen molar-refractivity contribution in [2.45, 2.75) is 13.8 Å². The largest absolute Gasteiger partial charge is 0.378 e. The van der Waals surface area contributed by atoms with E-state index in [4.69, 9.17) is 4.74 Å². The minimum atomic E-state index is -0.0785. The van der Waals surface area contributed by atoms with Crippen molar-refractivity contribution in [3.8, 4) is 11.3 Å². The molecule has 6 nitrogen and oxygen atoms in total. The summed E-state index contributed by atoms with van der Waals surface area (Å²) >= 11 is 0. The molecule has 0 atom stereocenters. The van der Waals surface area contributed by atoms with Gasteiger partial charge >= 0.3 is 0 Å². The van der Waals surface area contributed by atoms with Gasteiger partial charge in [-0.25, -0.2) is 9.97 Å². The third-order valence-corrected chi connectivity index (χ3v) is 3.66. The van der Waals surface area contributed by atoms with E-state index in [1.54, 1.807) is 0 Å². The summed E-state index contributed by atoms with van der Waals surface area (Å²) in [5.74, 6) is 1.60. The Morgan fingerprint density at radius 3 is 2.52 bits per heavy atom. The summed E-state index contributed by atoms with van der Waals surface area (Å²) < 4.78 is 5.39. The van der Waals surface area contributed by atoms with Crippen LogP contribution in [0.1, 0.15) is 12.7 Å². The fourth-order valence-electron chi connectivity index (χ4n) is 2.58. The number of aryl methyl sites for hydroxylation is 1. The highest BCUT2D eigenvalue weighted by Crippen LogP contribution is 2.24. The molecule has 2 aromatic rings. The first-order valence-corrected chi connectivity index (χ1v) is 7.68. The lowest BCUT2D eigenvalue weighted by atomic mass is 10.1. The van der Waals surface area contributed by atoms with Gasteiger partial charge in [-0.3, -0.25) is 4.79 Å². The molecule has 0 bridgehead atoms. The molecule has 1 amide bonds. The summed E-state index contributed by atoms with van der Waals surface area (Å²) in [5.41, 5.74) is 2.66. The normalized spacial score (nSPS) is 14.6. The van der Waals surface area contributed by atoms with Crippen molar-refractivity contribution in [1.82, 2.24) is 9.97 Å². The molecule has 0 spiro atoms. The highest BCUT2D eigenvalue weighted by molar-refractivity contribution is 5.88. The lowest BCUT2D eigenvalue weighted by Gasteiger charge is -2.28. The van der Waals surface area contributed by atoms with Crippen LogP contribution < -0.4 is 10.2 Å². The van der Waals surface area contributed by atoms with E-state index in [2.05, 4.69) is 20.2 Å². The molecule has 1 aliphatic rings. The fraction of sp³-hybridized carbons (Fsp3) is 0.353. The third kappa shape index (κ3) is 3.84. The maximum absolute atomic E-state index is 11.1. The maximum Gasteiger partial charge on any atom is 0.221 e. The van der Waals surface area contributed by atoms with Crippen LogP contribution in [0, 0.1) is 6.92 Å². The number of rotatable bonds is 3. The van der Waals surface area contributed by atoms with E-state index in [-0.39, 0.29) is 5.91 Å². The Kier molecular flexibility index (Phi) is 4.52. The van der Waals surface area contributed by atoms with E-state index in [1.807, 2.05) is 37.3 Å². The summed E-state index contributed by atoms with van der Waals surface area (Å²) in [6.45, 7) is 6.54. The van der Waals surface area contributed by atoms with Crippen LogP contribution in [0.2, 0.25) is 0 Å². The van der Waals surface area contributed by atoms with Gasteiger partial charge in [0.15, 0.2) is 0 Å². The molecule has 1 saturated heterocycles. The van der Waals surface area contributed by atoms with Crippen LogP contribution in [0.5, 0.6) is 0 Å². The van der Waals surface area contributed by atoms with Crippen molar-refractivity contribution in [1.29, 1.82) is 0 Å². The van der Waals surface area contributed by atoms with Gasteiger partial charge in [-0.15, -0.1) is 0 Å². The maximum atomic E-state index is 11.1. The summed E-state index contributed by atoms with van der Waals surface area (Å²) in [5, 5.41) is 2.76. The van der Waals surface area contributed by atoms with Crippen LogP contribution in [0.3, 0.4) is 0 Å². The highest BCUT2D eigenvalue weighted by Gasteiger charge is 2.14. The van der Waals surface area contributed by atoms with Crippen LogP contribution in [0.15, 0.2) is 30.3 Å². The molecule has 6 heteroatoms. The molecule has 2 heterocycles. The minimum absolute atomic E-state index is 0.0785. The van der Waals surface area contributed by atoms with Crippen molar-refractivity contribution in [2.24, 2.45) is 0 Å². The molecule has 3 rings (SSSR count). The Labute approximate surface area is 135 Å². The standard InChI is InChI=1S/C17H20N4O2/c1-12-18-16(11-17(19-12)21-7-9-23-10-8-21)14-3-5-15(6-4-14)20-13(2)22/h3-6,11H,7-10H2,1-2H3,(H,20,22). The molecular weight excluding hydrogens is 292 g/mol. The van der Waals surface area contributed by atoms with Gasteiger partial charge in [0, 0.05) is 37.3 Å². The molecule has 120 valence electrons. The topological polar surface area (TPSA) is 67.4 Å². The molecule has 23 heavy (non-hydrogen) atoms. The minimum Gasteiger partial charge on any atom is -0.378 e. The first-order chi connectivity index (χ1) is 11.1. The van der Waals surface area contributed by atoms with Gasteiger partial charge in [0.25, 0.3) is 0 Å². The van der Waals surface area contributed by atoms with E-state index >= 15 is 0 Å². The summed E-state index contributed by atoms with van der Waals surface area (Å²) in [4.78, 5) is 22.4. The summed E-state index contributed by atoms with van der Waals surface area (Å²) in [6.07, 6.45) is 0. The van der Waals surface area contributed by atoms with Crippen LogP contribution in [-0.4, -0.2) is 42.2 Å². The van der Waals surface area contributed by atoms with Crippen LogP contribution in [0.4, 0.5) is 11.5 Å². The molecule has 1 aromatic carbocycles. The second-order valence-corrected chi connectivity index (χ2v) is 5.52. The second kappa shape index (κ2) is 6.75. The number of ether oxygens (including phenoxy) is 1. The number of anilines is 2. The van der Waals surface area contributed by atoms with Crippen molar-refractivity contribution in [3.63, 3.8) is 0 Å². The first kappa shape index (κ1) is 15.4. The SMILES string of the molecule is CC(=O)Nc1ccc(-c2cc(N3CCOCC3)nc(C)n2)cc1. The number of hydrogen-bond donors (Lipinski definition) is 1. The van der Waals surface area contributed by atoms with E-state index in [0.717, 1.165) is 54.9 Å². The smallest absolute Gasteiger partial charge is 0.221 e. The lowest BCUT2D eigenvalue weighted by Crippen LogP contribution is -2.36. The fourth-order valence-corrected chi connectivity index (χ4v) is 2.58. The van der Waals surface area contributed by atoms with E-state index in [0.29, 0.717) is 0 Å². The third-order valence-electron chi connectivity index (χ3n) is 3.66. The van der Waals surface area contributed by atoms with Crippen molar-refractivity contribution in [2.75, 3.05) is 36.5 Å². The molecule has 1 aromatic heterocycles. The Bertz CT molecular complexity index is 694. The predicted octanol–water partition coefficient (Wildman–Crippen LogP) is 2.25. The predicted molar refractivity (Wildman–Crippen MR) is 89.5 cm³/mol. The average molecular weight is 312 g/mol. The molecule has 1 N–H and O–H groups in total. The number of carbonyl (C=O) groups is 1. The zero-order valence-electron chi connectivity index (χ0n) is 13.4. The molecule has 0 aliphatic carbocycles. The number of amides is 1. The van der Waals surface area contributed by atoms with Crippen LogP contribution in [0.25, 0.3) is 11.3 Å². The van der Waals surface area contributed by atoms with Crippen molar-refractivity contribution < 1.29 is 9.53 Å². The molecule has 1 fully saturated rings. The molecule has 1 aliphatic heterocycles. The van der Waals surface area contributed by atoms with Gasteiger partial charge in [0.1, 0.15) is 11.6 Å². The number of morpholine rings is 1. The molecule has 0 radical (unpaired) electrons. The van der Waals surface area contributed by atoms with E-state index in [1.165, 1.54) is 6.92 Å². The van der Waals surface area contributed by atoms with Gasteiger partial charge in [-0.1, -0.05) is 12.1 Å². The van der Waals surface area contributed by atoms with Gasteiger partial charge in [-0.2, -0.15) is 0 Å². The van der Waals surface area contributed by atoms with E-state index < -0.39 is 0 Å². The second-order valence-electron chi connectivity index (χ2n) is 5.52. The van der Waals surface area contributed by atoms with Gasteiger partial charge < -0.3 is 15.0 Å². The average Bonchev–Trinajstić information content (AvgIpc) is 2.55. The molecular formula is C17H20N4O2. The Morgan fingerprint density at radius 1 is 1.17 bits per heavy atom. The number of benzene rings is 1. The van der Waals surface area contributed by atoms with Crippen molar-refractivity contribution in [3.05, 3.63) is 36.2 Å². The number of carbonyl (C=O) groups excluding carboxylic acids is 1. The molecule has 0 unspecified atom stereocenters. The first-order valence-electron chi connectivity index (χ1n) is 7.68. The van der Waals surface area contributed by atoms with Crippen LogP contribution in [-0.2, 0) is 9.53 Å². The van der Waals surface area contributed by atoms with Gasteiger partial charge in [-0.05, 0) is 19.1 Å². The number of nitrogens with one attached hydrogen (secondary N) is 1. The summed E-state index contributed by atoms with van der Waals surface area (Å²) in [7, 11) is 0.